The number of unbranched alkanes of at least 4 members (excludes halogenated alkanes) is 2. The molecule has 1 saturated carbocycles. The molecule has 1 aliphatic carbocycles. The molecular formula is C25H28BrClN2O3. The number of nitrogens with zero attached hydrogens (tertiary/aromatic N) is 1. The number of amides is 1. The van der Waals surface area contributed by atoms with Crippen molar-refractivity contribution in [3.05, 3.63) is 58.6 Å². The molecular weight excluding hydrogens is 492 g/mol. The molecule has 0 spiro atoms. The number of nitriles is 1. The third kappa shape index (κ3) is 7.43. The summed E-state index contributed by atoms with van der Waals surface area (Å²) < 4.78 is 11.8. The third-order valence-corrected chi connectivity index (χ3v) is 6.41. The molecule has 1 amide bonds. The molecule has 0 bridgehead atoms. The Hall–Kier alpha value is -2.23. The van der Waals surface area contributed by atoms with Crippen LogP contribution in [0, 0.1) is 11.3 Å². The summed E-state index contributed by atoms with van der Waals surface area (Å²) in [5, 5.41) is 13.5. The van der Waals surface area contributed by atoms with E-state index in [9.17, 15) is 4.79 Å². The van der Waals surface area contributed by atoms with Crippen LogP contribution in [0.1, 0.15) is 60.9 Å². The Morgan fingerprint density at radius 1 is 1.06 bits per heavy atom. The van der Waals surface area contributed by atoms with Crippen LogP contribution < -0.4 is 14.8 Å². The molecule has 5 nitrogen and oxygen atoms in total. The first-order chi connectivity index (χ1) is 15.6. The van der Waals surface area contributed by atoms with Gasteiger partial charge >= 0.3 is 0 Å². The number of hydrogen-bond donors (Lipinski definition) is 1. The standard InChI is InChI=1S/C25H28BrClN2O3/c26-14-2-1-3-15-31-21-9-4-18(5-10-21)25(30)29-20-7-12-22(13-8-20)32-23-11-6-19(17-28)24(27)16-23/h4-6,9-11,16,20,22H,1-3,7-8,12-15H2,(H,29,30). The van der Waals surface area contributed by atoms with Crippen molar-refractivity contribution in [1.82, 2.24) is 5.32 Å². The van der Waals surface area contributed by atoms with E-state index < -0.39 is 0 Å². The lowest BCUT2D eigenvalue weighted by Crippen LogP contribution is -2.39. The van der Waals surface area contributed by atoms with Gasteiger partial charge in [0.2, 0.25) is 0 Å². The van der Waals surface area contributed by atoms with Crippen LogP contribution in [0.3, 0.4) is 0 Å². The molecule has 0 unspecified atom stereocenters. The summed E-state index contributed by atoms with van der Waals surface area (Å²) >= 11 is 9.51. The van der Waals surface area contributed by atoms with Crippen molar-refractivity contribution >= 4 is 33.4 Å². The van der Waals surface area contributed by atoms with E-state index in [2.05, 4.69) is 21.2 Å². The Bertz CT molecular complexity index is 922. The molecule has 0 radical (unpaired) electrons. The quantitative estimate of drug-likeness (QED) is 0.296. The molecule has 7 heteroatoms. The van der Waals surface area contributed by atoms with Gasteiger partial charge in [0.25, 0.3) is 5.91 Å². The van der Waals surface area contributed by atoms with Crippen LogP contribution in [0.5, 0.6) is 11.5 Å². The van der Waals surface area contributed by atoms with Gasteiger partial charge in [-0.25, -0.2) is 0 Å². The molecule has 3 rings (SSSR count). The Kier molecular flexibility index (Phi) is 9.70. The molecule has 0 saturated heterocycles. The van der Waals surface area contributed by atoms with Gasteiger partial charge in [-0.15, -0.1) is 0 Å². The Morgan fingerprint density at radius 3 is 2.44 bits per heavy atom. The SMILES string of the molecule is N#Cc1ccc(OC2CCC(NC(=O)c3ccc(OCCCCCBr)cc3)CC2)cc1Cl. The maximum Gasteiger partial charge on any atom is 0.251 e. The zero-order valence-electron chi connectivity index (χ0n) is 18.0. The van der Waals surface area contributed by atoms with Crippen molar-refractivity contribution in [2.45, 2.75) is 57.1 Å². The molecule has 2 aromatic carbocycles. The van der Waals surface area contributed by atoms with E-state index >= 15 is 0 Å². The Balaban J connectivity index is 1.40. The normalized spacial score (nSPS) is 17.9. The molecule has 0 heterocycles. The predicted octanol–water partition coefficient (Wildman–Crippen LogP) is 6.28. The van der Waals surface area contributed by atoms with Crippen molar-refractivity contribution in [2.24, 2.45) is 0 Å². The first kappa shape index (κ1) is 24.4. The number of carbonyl (C=O) groups excluding carboxylic acids is 1. The molecule has 32 heavy (non-hydrogen) atoms. The fraction of sp³-hybridized carbons (Fsp3) is 0.440. The lowest BCUT2D eigenvalue weighted by Gasteiger charge is -2.29. The van der Waals surface area contributed by atoms with Gasteiger partial charge in [-0.05, 0) is 81.3 Å². The van der Waals surface area contributed by atoms with Gasteiger partial charge in [0, 0.05) is 23.0 Å². The summed E-state index contributed by atoms with van der Waals surface area (Å²) in [5.41, 5.74) is 1.08. The van der Waals surface area contributed by atoms with Crippen LogP contribution in [0.4, 0.5) is 0 Å². The number of halogens is 2. The monoisotopic (exact) mass is 518 g/mol. The second-order valence-corrected chi connectivity index (χ2v) is 9.14. The van der Waals surface area contributed by atoms with Crippen molar-refractivity contribution in [3.63, 3.8) is 0 Å². The maximum absolute atomic E-state index is 12.6. The van der Waals surface area contributed by atoms with E-state index in [1.54, 1.807) is 18.2 Å². The largest absolute Gasteiger partial charge is 0.494 e. The Morgan fingerprint density at radius 2 is 1.78 bits per heavy atom. The zero-order chi connectivity index (χ0) is 22.8. The molecule has 1 fully saturated rings. The van der Waals surface area contributed by atoms with Crippen LogP contribution in [0.25, 0.3) is 0 Å². The molecule has 170 valence electrons. The first-order valence-electron chi connectivity index (χ1n) is 11.0. The minimum absolute atomic E-state index is 0.0582. The lowest BCUT2D eigenvalue weighted by atomic mass is 9.92. The molecule has 0 aromatic heterocycles. The molecule has 0 atom stereocenters. The number of nitrogens with one attached hydrogen (secondary N) is 1. The predicted molar refractivity (Wildman–Crippen MR) is 130 cm³/mol. The average Bonchev–Trinajstić information content (AvgIpc) is 2.81. The van der Waals surface area contributed by atoms with E-state index in [4.69, 9.17) is 26.3 Å². The van der Waals surface area contributed by atoms with Crippen LogP contribution in [0.2, 0.25) is 5.02 Å². The van der Waals surface area contributed by atoms with Crippen LogP contribution >= 0.6 is 27.5 Å². The first-order valence-corrected chi connectivity index (χ1v) is 12.5. The van der Waals surface area contributed by atoms with Crippen molar-refractivity contribution in [1.29, 1.82) is 5.26 Å². The van der Waals surface area contributed by atoms with Gasteiger partial charge in [0.05, 0.1) is 23.3 Å². The maximum atomic E-state index is 12.6. The number of alkyl halides is 1. The smallest absolute Gasteiger partial charge is 0.251 e. The summed E-state index contributed by atoms with van der Waals surface area (Å²) in [4.78, 5) is 12.6. The van der Waals surface area contributed by atoms with Gasteiger partial charge in [-0.1, -0.05) is 27.5 Å². The highest BCUT2D eigenvalue weighted by atomic mass is 79.9. The second kappa shape index (κ2) is 12.7. The van der Waals surface area contributed by atoms with E-state index in [1.807, 2.05) is 30.3 Å². The van der Waals surface area contributed by atoms with E-state index in [0.717, 1.165) is 56.0 Å². The lowest BCUT2D eigenvalue weighted by molar-refractivity contribution is 0.0894. The van der Waals surface area contributed by atoms with Gasteiger partial charge < -0.3 is 14.8 Å². The Labute approximate surface area is 203 Å². The summed E-state index contributed by atoms with van der Waals surface area (Å²) in [5.74, 6) is 1.41. The number of ether oxygens (including phenoxy) is 2. The summed E-state index contributed by atoms with van der Waals surface area (Å²) in [7, 11) is 0. The van der Waals surface area contributed by atoms with Crippen LogP contribution in [-0.2, 0) is 0 Å². The molecule has 1 N–H and O–H groups in total. The van der Waals surface area contributed by atoms with Gasteiger partial charge in [-0.3, -0.25) is 4.79 Å². The van der Waals surface area contributed by atoms with Crippen LogP contribution in [-0.4, -0.2) is 30.0 Å². The van der Waals surface area contributed by atoms with Crippen molar-refractivity contribution in [2.75, 3.05) is 11.9 Å². The molecule has 0 aliphatic heterocycles. The van der Waals surface area contributed by atoms with Gasteiger partial charge in [0.15, 0.2) is 0 Å². The topological polar surface area (TPSA) is 71.3 Å². The van der Waals surface area contributed by atoms with Crippen LogP contribution in [0.15, 0.2) is 42.5 Å². The van der Waals surface area contributed by atoms with Crippen molar-refractivity contribution < 1.29 is 14.3 Å². The van der Waals surface area contributed by atoms with E-state index in [-0.39, 0.29) is 18.1 Å². The number of benzene rings is 2. The highest BCUT2D eigenvalue weighted by Crippen LogP contribution is 2.27. The number of hydrogen-bond acceptors (Lipinski definition) is 4. The fourth-order valence-electron chi connectivity index (χ4n) is 3.71. The second-order valence-electron chi connectivity index (χ2n) is 7.94. The minimum atomic E-state index is -0.0582. The summed E-state index contributed by atoms with van der Waals surface area (Å²) in [6.07, 6.45) is 6.82. The third-order valence-electron chi connectivity index (χ3n) is 5.54. The number of carbonyl (C=O) groups is 1. The molecule has 2 aromatic rings. The van der Waals surface area contributed by atoms with E-state index in [0.29, 0.717) is 28.5 Å². The zero-order valence-corrected chi connectivity index (χ0v) is 20.3. The fourth-order valence-corrected chi connectivity index (χ4v) is 4.32. The van der Waals surface area contributed by atoms with Gasteiger partial charge in [-0.2, -0.15) is 5.26 Å². The highest BCUT2D eigenvalue weighted by molar-refractivity contribution is 9.09. The number of rotatable bonds is 10. The minimum Gasteiger partial charge on any atom is -0.494 e. The van der Waals surface area contributed by atoms with E-state index in [1.165, 1.54) is 0 Å². The molecule has 1 aliphatic rings. The summed E-state index contributed by atoms with van der Waals surface area (Å²) in [6, 6.07) is 14.6. The van der Waals surface area contributed by atoms with Gasteiger partial charge in [0.1, 0.15) is 17.6 Å². The highest BCUT2D eigenvalue weighted by Gasteiger charge is 2.24. The average molecular weight is 520 g/mol. The summed E-state index contributed by atoms with van der Waals surface area (Å²) in [6.45, 7) is 0.693. The van der Waals surface area contributed by atoms with Crippen molar-refractivity contribution in [3.8, 4) is 17.6 Å².